The second-order valence-corrected chi connectivity index (χ2v) is 9.95. The van der Waals surface area contributed by atoms with Gasteiger partial charge in [0, 0.05) is 4.75 Å². The molecule has 0 aliphatic carbocycles. The van der Waals surface area contributed by atoms with E-state index in [2.05, 4.69) is 5.32 Å². The number of fused-ring (bicyclic) bond motifs is 1. The molecule has 0 saturated carbocycles. The van der Waals surface area contributed by atoms with E-state index in [4.69, 9.17) is 19.3 Å². The van der Waals surface area contributed by atoms with Crippen molar-refractivity contribution in [2.24, 2.45) is 5.73 Å². The molecule has 3 heterocycles. The molecule has 32 heavy (non-hydrogen) atoms. The molecule has 2 aliphatic rings. The number of aryl methyl sites for hydroxylation is 1. The van der Waals surface area contributed by atoms with Crippen LogP contribution in [0.15, 0.2) is 44.0 Å². The van der Waals surface area contributed by atoms with Gasteiger partial charge in [-0.15, -0.1) is 11.8 Å². The Morgan fingerprint density at radius 1 is 1.25 bits per heavy atom. The number of ether oxygens (including phenoxy) is 1. The summed E-state index contributed by atoms with van der Waals surface area (Å²) >= 11 is 1.40. The fraction of sp³-hybridized carbons (Fsp3) is 0.429. The predicted octanol–water partition coefficient (Wildman–Crippen LogP) is 0.832. The van der Waals surface area contributed by atoms with E-state index in [1.165, 1.54) is 23.6 Å². The highest BCUT2D eigenvalue weighted by atomic mass is 32.2. The third-order valence-electron chi connectivity index (χ3n) is 5.58. The third-order valence-corrected chi connectivity index (χ3v) is 7.16. The van der Waals surface area contributed by atoms with Crippen molar-refractivity contribution in [3.05, 3.63) is 58.0 Å². The summed E-state index contributed by atoms with van der Waals surface area (Å²) in [5.41, 5.74) is 6.66. The Kier molecular flexibility index (Phi) is 5.63. The van der Waals surface area contributed by atoms with Crippen molar-refractivity contribution >= 4 is 29.5 Å². The molecule has 10 nitrogen and oxygen atoms in total. The van der Waals surface area contributed by atoms with Gasteiger partial charge in [-0.05, 0) is 26.3 Å². The van der Waals surface area contributed by atoms with E-state index in [0.717, 1.165) is 0 Å². The Bertz CT molecular complexity index is 1110. The summed E-state index contributed by atoms with van der Waals surface area (Å²) in [6, 6.07) is 6.30. The van der Waals surface area contributed by atoms with Gasteiger partial charge in [-0.1, -0.05) is 30.3 Å². The van der Waals surface area contributed by atoms with Crippen molar-refractivity contribution in [1.82, 2.24) is 10.2 Å². The summed E-state index contributed by atoms with van der Waals surface area (Å²) in [6.45, 7) is 4.89. The molecule has 4 rings (SSSR count). The minimum atomic E-state index is -0.911. The van der Waals surface area contributed by atoms with Crippen LogP contribution in [-0.4, -0.2) is 44.9 Å². The molecule has 11 heteroatoms. The topological polar surface area (TPSA) is 145 Å². The predicted molar refractivity (Wildman–Crippen MR) is 113 cm³/mol. The van der Waals surface area contributed by atoms with Crippen molar-refractivity contribution < 1.29 is 28.0 Å². The number of thioether (sulfide) groups is 1. The lowest BCUT2D eigenvalue weighted by molar-refractivity contribution is -0.165. The van der Waals surface area contributed by atoms with Gasteiger partial charge in [-0.3, -0.25) is 9.59 Å². The Hall–Kier alpha value is -3.05. The van der Waals surface area contributed by atoms with Crippen molar-refractivity contribution in [3.63, 3.8) is 0 Å². The van der Waals surface area contributed by atoms with Crippen LogP contribution >= 0.6 is 11.8 Å². The van der Waals surface area contributed by atoms with Crippen molar-refractivity contribution in [2.75, 3.05) is 0 Å². The maximum absolute atomic E-state index is 12.8. The smallest absolute Gasteiger partial charge is 0.456 e. The number of benzene rings is 1. The summed E-state index contributed by atoms with van der Waals surface area (Å²) in [7, 11) is 0. The molecule has 2 aromatic rings. The molecule has 1 aromatic heterocycles. The van der Waals surface area contributed by atoms with Crippen LogP contribution in [0.3, 0.4) is 0 Å². The Morgan fingerprint density at radius 3 is 2.56 bits per heavy atom. The first-order valence-electron chi connectivity index (χ1n) is 9.97. The highest BCUT2D eigenvalue weighted by Gasteiger charge is 2.64. The second-order valence-electron chi connectivity index (χ2n) is 8.18. The molecule has 0 unspecified atom stereocenters. The Balaban J connectivity index is 1.42. The highest BCUT2D eigenvalue weighted by Crippen LogP contribution is 2.51. The summed E-state index contributed by atoms with van der Waals surface area (Å²) in [5, 5.41) is 2.29. The number of hydrogen-bond acceptors (Lipinski definition) is 9. The summed E-state index contributed by atoms with van der Waals surface area (Å²) < 4.78 is 14.2. The molecule has 170 valence electrons. The van der Waals surface area contributed by atoms with Gasteiger partial charge in [0.1, 0.15) is 23.5 Å². The fourth-order valence-corrected chi connectivity index (χ4v) is 5.52. The van der Waals surface area contributed by atoms with Crippen LogP contribution in [0.4, 0.5) is 0 Å². The monoisotopic (exact) mass is 461 g/mol. The van der Waals surface area contributed by atoms with Gasteiger partial charge in [0.05, 0.1) is 0 Å². The van der Waals surface area contributed by atoms with E-state index in [0.29, 0.717) is 5.56 Å². The zero-order chi connectivity index (χ0) is 23.2. The Morgan fingerprint density at radius 2 is 1.94 bits per heavy atom. The van der Waals surface area contributed by atoms with Crippen LogP contribution in [0.25, 0.3) is 0 Å². The first kappa shape index (κ1) is 22.2. The molecule has 0 spiro atoms. The fourth-order valence-electron chi connectivity index (χ4n) is 3.90. The van der Waals surface area contributed by atoms with Crippen LogP contribution in [0, 0.1) is 6.92 Å². The highest BCUT2D eigenvalue weighted by molar-refractivity contribution is 8.01. The zero-order valence-corrected chi connectivity index (χ0v) is 18.5. The van der Waals surface area contributed by atoms with E-state index in [-0.39, 0.29) is 24.0 Å². The lowest BCUT2D eigenvalue weighted by Crippen LogP contribution is -2.71. The van der Waals surface area contributed by atoms with Crippen LogP contribution in [0.1, 0.15) is 37.0 Å². The summed E-state index contributed by atoms with van der Waals surface area (Å²) in [5.74, 6) is -2.03. The summed E-state index contributed by atoms with van der Waals surface area (Å²) in [6.07, 6.45) is 0. The molecule has 2 amide bonds. The first-order chi connectivity index (χ1) is 15.1. The van der Waals surface area contributed by atoms with Gasteiger partial charge in [-0.2, -0.15) is 0 Å². The quantitative estimate of drug-likeness (QED) is 0.472. The van der Waals surface area contributed by atoms with Gasteiger partial charge in [0.15, 0.2) is 18.1 Å². The number of amides is 2. The number of nitrogens with one attached hydrogen (secondary N) is 1. The third kappa shape index (κ3) is 3.82. The normalized spacial score (nSPS) is 24.4. The molecule has 3 N–H and O–H groups in total. The van der Waals surface area contributed by atoms with Gasteiger partial charge >= 0.3 is 11.8 Å². The second kappa shape index (κ2) is 8.14. The maximum atomic E-state index is 12.8. The minimum absolute atomic E-state index is 0.110. The lowest BCUT2D eigenvalue weighted by Gasteiger charge is -2.44. The molecule has 0 bridgehead atoms. The number of nitrogens with two attached hydrogens (primary N) is 1. The molecule has 2 saturated heterocycles. The van der Waals surface area contributed by atoms with Gasteiger partial charge in [0.25, 0.3) is 0 Å². The van der Waals surface area contributed by atoms with E-state index >= 15 is 0 Å². The van der Waals surface area contributed by atoms with Crippen LogP contribution < -0.4 is 16.9 Å². The van der Waals surface area contributed by atoms with E-state index < -0.39 is 45.9 Å². The lowest BCUT2D eigenvalue weighted by atomic mass is 9.95. The largest absolute Gasteiger partial charge is 0.519 e. The van der Waals surface area contributed by atoms with Crippen LogP contribution in [0.2, 0.25) is 0 Å². The molecule has 0 radical (unpaired) electrons. The molecular weight excluding hydrogens is 438 g/mol. The standard InChI is InChI=1S/C21H23N3O7S/c1-10-12(31-20(28)30-10)9-29-19(27)15-21(2,3)32-18-14(17(26)24(15)18)23-16(25)13(22)11-7-5-4-6-8-11/h4-8,13-15,18H,9,22H2,1-3H3,(H,23,25)/t13-,14-,15+,18-/m0/s1. The minimum Gasteiger partial charge on any atom is -0.456 e. The Labute approximate surface area is 187 Å². The van der Waals surface area contributed by atoms with Crippen molar-refractivity contribution in [3.8, 4) is 0 Å². The number of β-lactam (4-membered cyclic amide) rings is 1. The average molecular weight is 461 g/mol. The van der Waals surface area contributed by atoms with E-state index in [1.807, 2.05) is 19.9 Å². The number of esters is 1. The number of nitrogens with zero attached hydrogens (tertiary/aromatic N) is 1. The van der Waals surface area contributed by atoms with E-state index in [1.54, 1.807) is 24.3 Å². The van der Waals surface area contributed by atoms with Gasteiger partial charge in [0.2, 0.25) is 11.8 Å². The van der Waals surface area contributed by atoms with Crippen LogP contribution in [0.5, 0.6) is 0 Å². The van der Waals surface area contributed by atoms with E-state index in [9.17, 15) is 19.2 Å². The number of carbonyl (C=O) groups is 3. The number of rotatable bonds is 6. The zero-order valence-electron chi connectivity index (χ0n) is 17.7. The first-order valence-corrected chi connectivity index (χ1v) is 10.8. The molecule has 4 atom stereocenters. The van der Waals surface area contributed by atoms with Crippen molar-refractivity contribution in [1.29, 1.82) is 0 Å². The van der Waals surface area contributed by atoms with Gasteiger partial charge < -0.3 is 29.5 Å². The molecular formula is C21H23N3O7S. The maximum Gasteiger partial charge on any atom is 0.519 e. The summed E-state index contributed by atoms with van der Waals surface area (Å²) in [4.78, 5) is 50.8. The number of carbonyl (C=O) groups excluding carboxylic acids is 3. The van der Waals surface area contributed by atoms with Crippen LogP contribution in [-0.2, 0) is 25.7 Å². The molecule has 2 aliphatic heterocycles. The molecule has 2 fully saturated rings. The van der Waals surface area contributed by atoms with Gasteiger partial charge in [-0.25, -0.2) is 9.59 Å². The number of hydrogen-bond donors (Lipinski definition) is 2. The van der Waals surface area contributed by atoms with Crippen molar-refractivity contribution in [2.45, 2.75) is 55.6 Å². The molecule has 1 aromatic carbocycles. The SMILES string of the molecule is Cc1oc(=O)oc1COC(=O)[C@H]1N2C(=O)[C@H](NC(=O)[C@@H](N)c3ccccc3)[C@@H]2SC1(C)C. The average Bonchev–Trinajstić information content (AvgIpc) is 3.22.